The van der Waals surface area contributed by atoms with Crippen LogP contribution in [0.5, 0.6) is 5.75 Å². The first kappa shape index (κ1) is 19.2. The van der Waals surface area contributed by atoms with Gasteiger partial charge in [-0.1, -0.05) is 26.0 Å². The highest BCUT2D eigenvalue weighted by molar-refractivity contribution is 6.04. The van der Waals surface area contributed by atoms with E-state index in [1.54, 1.807) is 12.3 Å². The molecule has 0 aliphatic carbocycles. The number of carbonyl (C=O) groups excluding carboxylic acids is 2. The Bertz CT molecular complexity index is 1000. The molecule has 3 aromatic rings. The van der Waals surface area contributed by atoms with Crippen molar-refractivity contribution in [1.29, 1.82) is 0 Å². The average molecular weight is 382 g/mol. The first-order chi connectivity index (χ1) is 13.3. The van der Waals surface area contributed by atoms with E-state index in [0.29, 0.717) is 12.5 Å². The number of nitrogens with two attached hydrogens (primary N) is 1. The summed E-state index contributed by atoms with van der Waals surface area (Å²) in [6.45, 7) is 4.49. The average Bonchev–Trinajstić information content (AvgIpc) is 3.26. The lowest BCUT2D eigenvalue weighted by Crippen LogP contribution is -2.16. The monoisotopic (exact) mass is 382 g/mol. The molecule has 0 atom stereocenters. The smallest absolute Gasteiger partial charge is 0.281 e. The number of anilines is 1. The van der Waals surface area contributed by atoms with Gasteiger partial charge in [-0.2, -0.15) is 10.2 Å². The number of aromatic nitrogens is 4. The molecule has 0 aliphatic rings. The summed E-state index contributed by atoms with van der Waals surface area (Å²) in [6, 6.07) is 9.31. The summed E-state index contributed by atoms with van der Waals surface area (Å²) in [5, 5.41) is 21.1. The van der Waals surface area contributed by atoms with Gasteiger partial charge in [0, 0.05) is 25.2 Å². The number of hydrogen-bond donors (Lipinski definition) is 3. The molecular formula is C19H22N6O3. The van der Waals surface area contributed by atoms with Crippen LogP contribution >= 0.6 is 0 Å². The number of nitrogens with one attached hydrogen (secondary N) is 1. The van der Waals surface area contributed by atoms with Crippen molar-refractivity contribution in [2.75, 3.05) is 5.32 Å². The van der Waals surface area contributed by atoms with Gasteiger partial charge < -0.3 is 16.2 Å². The van der Waals surface area contributed by atoms with Gasteiger partial charge in [0.1, 0.15) is 0 Å². The molecule has 0 unspecified atom stereocenters. The predicted octanol–water partition coefficient (Wildman–Crippen LogP) is 2.03. The summed E-state index contributed by atoms with van der Waals surface area (Å²) >= 11 is 0. The van der Waals surface area contributed by atoms with Crippen molar-refractivity contribution in [2.45, 2.75) is 32.7 Å². The standard InChI is InChI=1S/C19H22N6O3/c1-12(2)13-4-3-5-14(10-13)25-11-15(26)18(23-25)19(28)21-17-7-9-24(22-17)8-6-16(20)27/h3-5,7,9-12,26H,6,8H2,1-2H3,(H2,20,27)(H,21,22,28). The fraction of sp³-hybridized carbons (Fsp3) is 0.263. The number of benzene rings is 1. The van der Waals surface area contributed by atoms with Crippen LogP contribution in [0.4, 0.5) is 5.82 Å². The van der Waals surface area contributed by atoms with E-state index in [1.807, 2.05) is 24.3 Å². The van der Waals surface area contributed by atoms with Gasteiger partial charge >= 0.3 is 0 Å². The fourth-order valence-electron chi connectivity index (χ4n) is 2.64. The molecule has 0 bridgehead atoms. The molecule has 9 heteroatoms. The Morgan fingerprint density at radius 2 is 2.04 bits per heavy atom. The van der Waals surface area contributed by atoms with E-state index in [9.17, 15) is 14.7 Å². The molecule has 28 heavy (non-hydrogen) atoms. The molecule has 0 saturated heterocycles. The first-order valence-electron chi connectivity index (χ1n) is 8.85. The van der Waals surface area contributed by atoms with Crippen molar-refractivity contribution in [3.63, 3.8) is 0 Å². The zero-order valence-corrected chi connectivity index (χ0v) is 15.7. The van der Waals surface area contributed by atoms with Crippen molar-refractivity contribution in [3.05, 3.63) is 54.0 Å². The Hall–Kier alpha value is -3.62. The van der Waals surface area contributed by atoms with Crippen molar-refractivity contribution in [3.8, 4) is 11.4 Å². The van der Waals surface area contributed by atoms with E-state index in [-0.39, 0.29) is 23.7 Å². The summed E-state index contributed by atoms with van der Waals surface area (Å²) in [5.41, 5.74) is 6.87. The van der Waals surface area contributed by atoms with Gasteiger partial charge in [-0.3, -0.25) is 14.3 Å². The molecule has 3 rings (SSSR count). The molecule has 4 N–H and O–H groups in total. The van der Waals surface area contributed by atoms with E-state index in [0.717, 1.165) is 11.3 Å². The third-order valence-electron chi connectivity index (χ3n) is 4.18. The molecule has 1 aromatic carbocycles. The second-order valence-electron chi connectivity index (χ2n) is 6.69. The minimum atomic E-state index is -0.587. The fourth-order valence-corrected chi connectivity index (χ4v) is 2.64. The summed E-state index contributed by atoms with van der Waals surface area (Å²) in [4.78, 5) is 23.3. The summed E-state index contributed by atoms with van der Waals surface area (Å²) in [7, 11) is 0. The summed E-state index contributed by atoms with van der Waals surface area (Å²) in [6.07, 6.45) is 3.16. The summed E-state index contributed by atoms with van der Waals surface area (Å²) in [5.74, 6) is -0.628. The summed E-state index contributed by atoms with van der Waals surface area (Å²) < 4.78 is 2.96. The highest BCUT2D eigenvalue weighted by Gasteiger charge is 2.18. The number of aromatic hydroxyl groups is 1. The SMILES string of the molecule is CC(C)c1cccc(-n2cc(O)c(C(=O)Nc3ccn(CCC(N)=O)n3)n2)c1. The van der Waals surface area contributed by atoms with Crippen molar-refractivity contribution < 1.29 is 14.7 Å². The van der Waals surface area contributed by atoms with E-state index < -0.39 is 11.8 Å². The lowest BCUT2D eigenvalue weighted by Gasteiger charge is -2.07. The number of primary amides is 1. The quantitative estimate of drug-likeness (QED) is 0.576. The normalized spacial score (nSPS) is 11.0. The third-order valence-corrected chi connectivity index (χ3v) is 4.18. The zero-order chi connectivity index (χ0) is 20.3. The molecule has 0 radical (unpaired) electrons. The van der Waals surface area contributed by atoms with E-state index in [4.69, 9.17) is 5.73 Å². The number of amides is 2. The molecule has 0 fully saturated rings. The number of rotatable bonds is 7. The predicted molar refractivity (Wildman–Crippen MR) is 103 cm³/mol. The van der Waals surface area contributed by atoms with Crippen LogP contribution in [0.15, 0.2) is 42.7 Å². The molecule has 2 amide bonds. The Morgan fingerprint density at radius 3 is 2.75 bits per heavy atom. The van der Waals surface area contributed by atoms with Gasteiger partial charge in [0.2, 0.25) is 5.91 Å². The second kappa shape index (κ2) is 7.95. The van der Waals surface area contributed by atoms with Crippen LogP contribution in [-0.2, 0) is 11.3 Å². The van der Waals surface area contributed by atoms with Gasteiger partial charge in [0.15, 0.2) is 17.3 Å². The van der Waals surface area contributed by atoms with Crippen LogP contribution < -0.4 is 11.1 Å². The van der Waals surface area contributed by atoms with Crippen LogP contribution in [0.25, 0.3) is 5.69 Å². The van der Waals surface area contributed by atoms with Crippen molar-refractivity contribution in [1.82, 2.24) is 19.6 Å². The lowest BCUT2D eigenvalue weighted by molar-refractivity contribution is -0.118. The molecule has 2 aromatic heterocycles. The topological polar surface area (TPSA) is 128 Å². The van der Waals surface area contributed by atoms with Crippen LogP contribution in [-0.4, -0.2) is 36.5 Å². The van der Waals surface area contributed by atoms with E-state index >= 15 is 0 Å². The lowest BCUT2D eigenvalue weighted by atomic mass is 10.0. The van der Waals surface area contributed by atoms with Gasteiger partial charge in [0.05, 0.1) is 11.9 Å². The Labute approximate surface area is 161 Å². The van der Waals surface area contributed by atoms with Gasteiger partial charge in [-0.05, 0) is 23.6 Å². The van der Waals surface area contributed by atoms with Gasteiger partial charge in [-0.25, -0.2) is 4.68 Å². The Kier molecular flexibility index (Phi) is 5.44. The molecular weight excluding hydrogens is 360 g/mol. The molecule has 146 valence electrons. The molecule has 9 nitrogen and oxygen atoms in total. The van der Waals surface area contributed by atoms with Crippen LogP contribution in [0.1, 0.15) is 42.2 Å². The van der Waals surface area contributed by atoms with E-state index in [2.05, 4.69) is 29.4 Å². The van der Waals surface area contributed by atoms with E-state index in [1.165, 1.54) is 15.6 Å². The number of carbonyl (C=O) groups is 2. The van der Waals surface area contributed by atoms with Gasteiger partial charge in [-0.15, -0.1) is 0 Å². The molecule has 2 heterocycles. The number of nitrogens with zero attached hydrogens (tertiary/aromatic N) is 4. The zero-order valence-electron chi connectivity index (χ0n) is 15.7. The molecule has 0 saturated carbocycles. The first-order valence-corrected chi connectivity index (χ1v) is 8.85. The maximum absolute atomic E-state index is 12.5. The minimum absolute atomic E-state index is 0.110. The number of hydrogen-bond acceptors (Lipinski definition) is 5. The Morgan fingerprint density at radius 1 is 1.25 bits per heavy atom. The maximum atomic E-state index is 12.5. The highest BCUT2D eigenvalue weighted by Crippen LogP contribution is 2.22. The Balaban J connectivity index is 1.75. The largest absolute Gasteiger partial charge is 0.504 e. The molecule has 0 spiro atoms. The minimum Gasteiger partial charge on any atom is -0.504 e. The van der Waals surface area contributed by atoms with Gasteiger partial charge in [0.25, 0.3) is 5.91 Å². The highest BCUT2D eigenvalue weighted by atomic mass is 16.3. The third kappa shape index (κ3) is 4.37. The van der Waals surface area contributed by atoms with Crippen LogP contribution in [0, 0.1) is 0 Å². The van der Waals surface area contributed by atoms with Crippen LogP contribution in [0.3, 0.4) is 0 Å². The van der Waals surface area contributed by atoms with Crippen LogP contribution in [0.2, 0.25) is 0 Å². The molecule has 0 aliphatic heterocycles. The maximum Gasteiger partial charge on any atom is 0.281 e. The van der Waals surface area contributed by atoms with Crippen molar-refractivity contribution >= 4 is 17.6 Å². The second-order valence-corrected chi connectivity index (χ2v) is 6.69. The van der Waals surface area contributed by atoms with Crippen molar-refractivity contribution in [2.24, 2.45) is 5.73 Å². The number of aryl methyl sites for hydroxylation is 1.